The Labute approximate surface area is 145 Å². The van der Waals surface area contributed by atoms with E-state index in [1.165, 1.54) is 9.35 Å². The molecule has 0 bridgehead atoms. The lowest BCUT2D eigenvalue weighted by atomic mass is 9.91. The molecule has 0 aromatic carbocycles. The quantitative estimate of drug-likeness (QED) is 0.801. The van der Waals surface area contributed by atoms with Crippen molar-refractivity contribution in [1.82, 2.24) is 10.6 Å². The molecule has 0 aliphatic heterocycles. The fourth-order valence-electron chi connectivity index (χ4n) is 2.60. The van der Waals surface area contributed by atoms with E-state index in [0.717, 1.165) is 32.2 Å². The first kappa shape index (κ1) is 17.8. The monoisotopic (exact) mass is 388 g/mol. The molecule has 0 saturated heterocycles. The van der Waals surface area contributed by atoms with Gasteiger partial charge in [-0.3, -0.25) is 0 Å². The van der Waals surface area contributed by atoms with Crippen molar-refractivity contribution >= 4 is 33.4 Å². The molecule has 1 fully saturated rings. The first-order chi connectivity index (χ1) is 10.3. The Morgan fingerprint density at radius 1 is 1.32 bits per heavy atom. The topological polar surface area (TPSA) is 50.4 Å². The van der Waals surface area contributed by atoms with E-state index < -0.39 is 5.60 Å². The molecule has 4 nitrogen and oxygen atoms in total. The Bertz CT molecular complexity index is 491. The number of rotatable bonds is 4. The Morgan fingerprint density at radius 2 is 1.95 bits per heavy atom. The van der Waals surface area contributed by atoms with Crippen LogP contribution in [0.15, 0.2) is 15.9 Å². The third kappa shape index (κ3) is 5.89. The van der Waals surface area contributed by atoms with Crippen LogP contribution >= 0.6 is 27.3 Å². The zero-order valence-electron chi connectivity index (χ0n) is 13.4. The number of alkyl carbamates (subject to hydrolysis) is 1. The maximum Gasteiger partial charge on any atom is 0.407 e. The first-order valence-corrected chi connectivity index (χ1v) is 9.45. The summed E-state index contributed by atoms with van der Waals surface area (Å²) < 4.78 is 6.49. The molecule has 1 saturated carbocycles. The second-order valence-electron chi connectivity index (χ2n) is 6.77. The average molecular weight is 389 g/mol. The summed E-state index contributed by atoms with van der Waals surface area (Å²) in [5, 5.41) is 8.69. The highest BCUT2D eigenvalue weighted by atomic mass is 79.9. The minimum atomic E-state index is -0.434. The van der Waals surface area contributed by atoms with Crippen LogP contribution in [0.25, 0.3) is 0 Å². The summed E-state index contributed by atoms with van der Waals surface area (Å²) >= 11 is 5.33. The molecule has 2 N–H and O–H groups in total. The van der Waals surface area contributed by atoms with Gasteiger partial charge in [-0.1, -0.05) is 0 Å². The summed E-state index contributed by atoms with van der Waals surface area (Å²) in [7, 11) is 0. The van der Waals surface area contributed by atoms with Gasteiger partial charge in [0.25, 0.3) is 0 Å². The van der Waals surface area contributed by atoms with E-state index in [0.29, 0.717) is 6.04 Å². The van der Waals surface area contributed by atoms with Crippen LogP contribution in [0, 0.1) is 0 Å². The molecular weight excluding hydrogens is 364 g/mol. The van der Waals surface area contributed by atoms with Gasteiger partial charge >= 0.3 is 6.09 Å². The van der Waals surface area contributed by atoms with Crippen molar-refractivity contribution in [3.8, 4) is 0 Å². The van der Waals surface area contributed by atoms with E-state index in [1.807, 2.05) is 20.8 Å². The predicted molar refractivity (Wildman–Crippen MR) is 94.3 cm³/mol. The van der Waals surface area contributed by atoms with Crippen LogP contribution in [0.3, 0.4) is 0 Å². The number of amides is 1. The van der Waals surface area contributed by atoms with Gasteiger partial charge in [0, 0.05) is 28.0 Å². The molecule has 2 rings (SSSR count). The number of hydrogen-bond donors (Lipinski definition) is 2. The number of halogens is 1. The molecule has 0 atom stereocenters. The highest BCUT2D eigenvalue weighted by molar-refractivity contribution is 9.10. The standard InChI is InChI=1S/C16H25BrN2O2S/c1-16(2,3)21-15(20)19-12-6-4-11(5-7-12)18-10-14-13(17)8-9-22-14/h8-9,11-12,18H,4-7,10H2,1-3H3,(H,19,20). The molecule has 124 valence electrons. The van der Waals surface area contributed by atoms with Gasteiger partial charge in [0.05, 0.1) is 0 Å². The van der Waals surface area contributed by atoms with Crippen LogP contribution in [0.5, 0.6) is 0 Å². The van der Waals surface area contributed by atoms with E-state index in [4.69, 9.17) is 4.74 Å². The minimum Gasteiger partial charge on any atom is -0.444 e. The van der Waals surface area contributed by atoms with Crippen molar-refractivity contribution in [2.24, 2.45) is 0 Å². The van der Waals surface area contributed by atoms with E-state index in [9.17, 15) is 4.79 Å². The van der Waals surface area contributed by atoms with Gasteiger partial charge in [-0.15, -0.1) is 11.3 Å². The van der Waals surface area contributed by atoms with Crippen LogP contribution < -0.4 is 10.6 Å². The van der Waals surface area contributed by atoms with Crippen molar-refractivity contribution < 1.29 is 9.53 Å². The molecule has 0 unspecified atom stereocenters. The second kappa shape index (κ2) is 7.79. The van der Waals surface area contributed by atoms with Crippen LogP contribution in [0.1, 0.15) is 51.3 Å². The van der Waals surface area contributed by atoms with Gasteiger partial charge in [-0.2, -0.15) is 0 Å². The second-order valence-corrected chi connectivity index (χ2v) is 8.62. The number of thiophene rings is 1. The van der Waals surface area contributed by atoms with Gasteiger partial charge in [-0.05, 0) is 73.8 Å². The van der Waals surface area contributed by atoms with Crippen LogP contribution in [0.2, 0.25) is 0 Å². The summed E-state index contributed by atoms with van der Waals surface area (Å²) in [5.41, 5.74) is -0.434. The maximum absolute atomic E-state index is 11.8. The zero-order chi connectivity index (χ0) is 16.2. The van der Waals surface area contributed by atoms with E-state index in [2.05, 4.69) is 38.0 Å². The Balaban J connectivity index is 1.67. The predicted octanol–water partition coefficient (Wildman–Crippen LogP) is 4.44. The summed E-state index contributed by atoms with van der Waals surface area (Å²) in [5.74, 6) is 0. The maximum atomic E-state index is 11.8. The molecule has 1 aliphatic rings. The highest BCUT2D eigenvalue weighted by Crippen LogP contribution is 2.24. The van der Waals surface area contributed by atoms with Crippen molar-refractivity contribution in [2.75, 3.05) is 0 Å². The zero-order valence-corrected chi connectivity index (χ0v) is 15.9. The van der Waals surface area contributed by atoms with Crippen LogP contribution in [-0.4, -0.2) is 23.8 Å². The molecule has 1 heterocycles. The van der Waals surface area contributed by atoms with E-state index in [1.54, 1.807) is 11.3 Å². The Hall–Kier alpha value is -0.590. The van der Waals surface area contributed by atoms with Gasteiger partial charge in [0.15, 0.2) is 0 Å². The lowest BCUT2D eigenvalue weighted by molar-refractivity contribution is 0.0490. The normalized spacial score (nSPS) is 22.4. The lowest BCUT2D eigenvalue weighted by Crippen LogP contribution is -2.43. The lowest BCUT2D eigenvalue weighted by Gasteiger charge is -2.30. The third-order valence-corrected chi connectivity index (χ3v) is 5.62. The average Bonchev–Trinajstić information content (AvgIpc) is 2.81. The summed E-state index contributed by atoms with van der Waals surface area (Å²) in [6.45, 7) is 6.56. The Kier molecular flexibility index (Phi) is 6.29. The van der Waals surface area contributed by atoms with Gasteiger partial charge in [0.1, 0.15) is 5.60 Å². The number of carbonyl (C=O) groups is 1. The third-order valence-electron chi connectivity index (χ3n) is 3.69. The van der Waals surface area contributed by atoms with Crippen LogP contribution in [-0.2, 0) is 11.3 Å². The highest BCUT2D eigenvalue weighted by Gasteiger charge is 2.24. The largest absolute Gasteiger partial charge is 0.444 e. The van der Waals surface area contributed by atoms with Crippen LogP contribution in [0.4, 0.5) is 4.79 Å². The summed E-state index contributed by atoms with van der Waals surface area (Å²) in [4.78, 5) is 13.1. The molecular formula is C16H25BrN2O2S. The molecule has 0 radical (unpaired) electrons. The summed E-state index contributed by atoms with van der Waals surface area (Å²) in [6, 6.07) is 2.86. The number of ether oxygens (including phenoxy) is 1. The molecule has 1 aromatic rings. The van der Waals surface area contributed by atoms with Crippen molar-refractivity contribution in [1.29, 1.82) is 0 Å². The minimum absolute atomic E-state index is 0.237. The van der Waals surface area contributed by atoms with E-state index in [-0.39, 0.29) is 12.1 Å². The molecule has 6 heteroatoms. The van der Waals surface area contributed by atoms with Gasteiger partial charge < -0.3 is 15.4 Å². The fourth-order valence-corrected chi connectivity index (χ4v) is 4.05. The van der Waals surface area contributed by atoms with Gasteiger partial charge in [-0.25, -0.2) is 4.79 Å². The molecule has 0 spiro atoms. The van der Waals surface area contributed by atoms with Crippen molar-refractivity contribution in [3.63, 3.8) is 0 Å². The molecule has 1 amide bonds. The van der Waals surface area contributed by atoms with Crippen molar-refractivity contribution in [2.45, 2.75) is 70.7 Å². The number of carbonyl (C=O) groups excluding carboxylic acids is 1. The van der Waals surface area contributed by atoms with Gasteiger partial charge in [0.2, 0.25) is 0 Å². The molecule has 1 aliphatic carbocycles. The summed E-state index contributed by atoms with van der Waals surface area (Å²) in [6.07, 6.45) is 3.88. The molecule has 22 heavy (non-hydrogen) atoms. The first-order valence-electron chi connectivity index (χ1n) is 7.78. The SMILES string of the molecule is CC(C)(C)OC(=O)NC1CCC(NCc2sccc2Br)CC1. The smallest absolute Gasteiger partial charge is 0.407 e. The fraction of sp³-hybridized carbons (Fsp3) is 0.688. The number of hydrogen-bond acceptors (Lipinski definition) is 4. The number of nitrogens with one attached hydrogen (secondary N) is 2. The van der Waals surface area contributed by atoms with E-state index >= 15 is 0 Å². The Morgan fingerprint density at radius 3 is 2.50 bits per heavy atom. The molecule has 1 aromatic heterocycles. The van der Waals surface area contributed by atoms with Crippen molar-refractivity contribution in [3.05, 3.63) is 20.8 Å².